The standard InChI is InChI=1S/C18H21NO2/c20-14-6-10-16-9-4-5-11-17(16)18(21)19-13-12-15-7-2-1-3-8-15/h1-5,7-9,11,20H,6,10,12-14H2,(H,19,21). The van der Waals surface area contributed by atoms with E-state index in [2.05, 4.69) is 17.4 Å². The Morgan fingerprint density at radius 1 is 0.952 bits per heavy atom. The third kappa shape index (κ3) is 4.72. The molecule has 0 spiro atoms. The van der Waals surface area contributed by atoms with E-state index in [4.69, 9.17) is 5.11 Å². The van der Waals surface area contributed by atoms with E-state index in [0.717, 1.165) is 18.4 Å². The second-order valence-corrected chi connectivity index (χ2v) is 4.98. The van der Waals surface area contributed by atoms with Crippen LogP contribution in [0.3, 0.4) is 0 Å². The number of carbonyl (C=O) groups excluding carboxylic acids is 1. The van der Waals surface area contributed by atoms with Gasteiger partial charge in [-0.25, -0.2) is 0 Å². The van der Waals surface area contributed by atoms with E-state index in [1.165, 1.54) is 5.56 Å². The Kier molecular flexibility index (Phi) is 5.98. The Balaban J connectivity index is 1.91. The highest BCUT2D eigenvalue weighted by Gasteiger charge is 2.09. The maximum absolute atomic E-state index is 12.2. The van der Waals surface area contributed by atoms with Gasteiger partial charge in [0.15, 0.2) is 0 Å². The van der Waals surface area contributed by atoms with Crippen molar-refractivity contribution < 1.29 is 9.90 Å². The van der Waals surface area contributed by atoms with Crippen LogP contribution in [0, 0.1) is 0 Å². The molecule has 2 rings (SSSR count). The highest BCUT2D eigenvalue weighted by molar-refractivity contribution is 5.95. The van der Waals surface area contributed by atoms with Gasteiger partial charge in [-0.1, -0.05) is 48.5 Å². The zero-order chi connectivity index (χ0) is 14.9. The number of rotatable bonds is 7. The second kappa shape index (κ2) is 8.22. The van der Waals surface area contributed by atoms with Crippen molar-refractivity contribution in [2.24, 2.45) is 0 Å². The maximum Gasteiger partial charge on any atom is 0.251 e. The van der Waals surface area contributed by atoms with Crippen LogP contribution in [0.25, 0.3) is 0 Å². The van der Waals surface area contributed by atoms with Crippen molar-refractivity contribution in [2.45, 2.75) is 19.3 Å². The van der Waals surface area contributed by atoms with Crippen LogP contribution < -0.4 is 5.32 Å². The topological polar surface area (TPSA) is 49.3 Å². The van der Waals surface area contributed by atoms with E-state index in [1.807, 2.05) is 42.5 Å². The summed E-state index contributed by atoms with van der Waals surface area (Å²) in [6.45, 7) is 0.765. The van der Waals surface area contributed by atoms with Crippen LogP contribution in [-0.2, 0) is 12.8 Å². The van der Waals surface area contributed by atoms with Crippen molar-refractivity contribution in [1.82, 2.24) is 5.32 Å². The Morgan fingerprint density at radius 3 is 2.43 bits per heavy atom. The molecule has 2 aromatic rings. The van der Waals surface area contributed by atoms with Crippen LogP contribution in [0.1, 0.15) is 27.9 Å². The first-order valence-corrected chi connectivity index (χ1v) is 7.32. The molecule has 0 saturated carbocycles. The van der Waals surface area contributed by atoms with Gasteiger partial charge in [0.2, 0.25) is 0 Å². The lowest BCUT2D eigenvalue weighted by atomic mass is 10.0. The average Bonchev–Trinajstić information content (AvgIpc) is 2.54. The van der Waals surface area contributed by atoms with E-state index >= 15 is 0 Å². The number of benzene rings is 2. The molecule has 0 aliphatic rings. The summed E-state index contributed by atoms with van der Waals surface area (Å²) in [7, 11) is 0. The molecule has 3 nitrogen and oxygen atoms in total. The third-order valence-corrected chi connectivity index (χ3v) is 3.41. The van der Waals surface area contributed by atoms with Gasteiger partial charge in [0.1, 0.15) is 0 Å². The largest absolute Gasteiger partial charge is 0.396 e. The molecule has 0 aromatic heterocycles. The monoisotopic (exact) mass is 283 g/mol. The van der Waals surface area contributed by atoms with Crippen molar-refractivity contribution in [2.75, 3.05) is 13.2 Å². The molecule has 110 valence electrons. The minimum Gasteiger partial charge on any atom is -0.396 e. The molecule has 2 aromatic carbocycles. The zero-order valence-electron chi connectivity index (χ0n) is 12.1. The average molecular weight is 283 g/mol. The first kappa shape index (κ1) is 15.3. The molecular formula is C18H21NO2. The molecule has 21 heavy (non-hydrogen) atoms. The summed E-state index contributed by atoms with van der Waals surface area (Å²) >= 11 is 0. The molecule has 0 fully saturated rings. The van der Waals surface area contributed by atoms with Crippen LogP contribution in [0.5, 0.6) is 0 Å². The van der Waals surface area contributed by atoms with E-state index in [0.29, 0.717) is 18.5 Å². The molecule has 1 amide bonds. The lowest BCUT2D eigenvalue weighted by molar-refractivity contribution is 0.0953. The van der Waals surface area contributed by atoms with Crippen molar-refractivity contribution >= 4 is 5.91 Å². The minimum atomic E-state index is -0.0422. The summed E-state index contributed by atoms with van der Waals surface area (Å²) in [5.41, 5.74) is 2.91. The number of aryl methyl sites for hydroxylation is 1. The fraction of sp³-hybridized carbons (Fsp3) is 0.278. The van der Waals surface area contributed by atoms with Gasteiger partial charge in [-0.3, -0.25) is 4.79 Å². The fourth-order valence-corrected chi connectivity index (χ4v) is 2.29. The van der Waals surface area contributed by atoms with Gasteiger partial charge in [-0.15, -0.1) is 0 Å². The number of hydrogen-bond donors (Lipinski definition) is 2. The normalized spacial score (nSPS) is 10.3. The quantitative estimate of drug-likeness (QED) is 0.820. The molecule has 0 unspecified atom stereocenters. The van der Waals surface area contributed by atoms with Crippen molar-refractivity contribution in [1.29, 1.82) is 0 Å². The minimum absolute atomic E-state index is 0.0422. The third-order valence-electron chi connectivity index (χ3n) is 3.41. The Hall–Kier alpha value is -2.13. The summed E-state index contributed by atoms with van der Waals surface area (Å²) in [6, 6.07) is 17.7. The number of aliphatic hydroxyl groups excluding tert-OH is 1. The van der Waals surface area contributed by atoms with E-state index in [9.17, 15) is 4.79 Å². The predicted octanol–water partition coefficient (Wildman–Crippen LogP) is 2.58. The Bertz CT molecular complexity index is 566. The Labute approximate surface area is 125 Å². The van der Waals surface area contributed by atoms with Crippen LogP contribution >= 0.6 is 0 Å². The van der Waals surface area contributed by atoms with Crippen LogP contribution in [-0.4, -0.2) is 24.2 Å². The fourth-order valence-electron chi connectivity index (χ4n) is 2.29. The van der Waals surface area contributed by atoms with Crippen LogP contribution in [0.15, 0.2) is 54.6 Å². The summed E-state index contributed by atoms with van der Waals surface area (Å²) in [5.74, 6) is -0.0422. The molecule has 0 radical (unpaired) electrons. The zero-order valence-corrected chi connectivity index (χ0v) is 12.1. The highest BCUT2D eigenvalue weighted by atomic mass is 16.2. The summed E-state index contributed by atoms with van der Waals surface area (Å²) in [6.07, 6.45) is 2.22. The maximum atomic E-state index is 12.2. The molecule has 0 aliphatic carbocycles. The summed E-state index contributed by atoms with van der Waals surface area (Å²) < 4.78 is 0. The van der Waals surface area contributed by atoms with Gasteiger partial charge >= 0.3 is 0 Å². The van der Waals surface area contributed by atoms with E-state index < -0.39 is 0 Å². The second-order valence-electron chi connectivity index (χ2n) is 4.98. The SMILES string of the molecule is O=C(NCCc1ccccc1)c1ccccc1CCCO. The van der Waals surface area contributed by atoms with Gasteiger partial charge in [0.25, 0.3) is 5.91 Å². The van der Waals surface area contributed by atoms with E-state index in [1.54, 1.807) is 0 Å². The highest BCUT2D eigenvalue weighted by Crippen LogP contribution is 2.11. The smallest absolute Gasteiger partial charge is 0.251 e. The first-order chi connectivity index (χ1) is 10.3. The van der Waals surface area contributed by atoms with Gasteiger partial charge in [0, 0.05) is 18.7 Å². The number of carbonyl (C=O) groups is 1. The molecule has 0 saturated heterocycles. The summed E-state index contributed by atoms with van der Waals surface area (Å²) in [5, 5.41) is 11.9. The molecule has 0 aliphatic heterocycles. The van der Waals surface area contributed by atoms with Crippen molar-refractivity contribution in [3.8, 4) is 0 Å². The van der Waals surface area contributed by atoms with Gasteiger partial charge in [-0.05, 0) is 36.5 Å². The first-order valence-electron chi connectivity index (χ1n) is 7.32. The lowest BCUT2D eigenvalue weighted by Gasteiger charge is -2.10. The molecule has 0 atom stereocenters. The summed E-state index contributed by atoms with van der Waals surface area (Å²) in [4.78, 5) is 12.2. The molecule has 2 N–H and O–H groups in total. The van der Waals surface area contributed by atoms with E-state index in [-0.39, 0.29) is 12.5 Å². The molecular weight excluding hydrogens is 262 g/mol. The van der Waals surface area contributed by atoms with Gasteiger partial charge in [0.05, 0.1) is 0 Å². The number of nitrogens with one attached hydrogen (secondary N) is 1. The van der Waals surface area contributed by atoms with Crippen LogP contribution in [0.4, 0.5) is 0 Å². The van der Waals surface area contributed by atoms with Crippen LogP contribution in [0.2, 0.25) is 0 Å². The molecule has 0 heterocycles. The molecule has 3 heteroatoms. The number of amides is 1. The predicted molar refractivity (Wildman–Crippen MR) is 84.3 cm³/mol. The van der Waals surface area contributed by atoms with Crippen molar-refractivity contribution in [3.05, 3.63) is 71.3 Å². The van der Waals surface area contributed by atoms with Gasteiger partial charge < -0.3 is 10.4 Å². The van der Waals surface area contributed by atoms with Crippen molar-refractivity contribution in [3.63, 3.8) is 0 Å². The molecule has 0 bridgehead atoms. The van der Waals surface area contributed by atoms with Gasteiger partial charge in [-0.2, -0.15) is 0 Å². The lowest BCUT2D eigenvalue weighted by Crippen LogP contribution is -2.26. The number of aliphatic hydroxyl groups is 1. The Morgan fingerprint density at radius 2 is 1.67 bits per heavy atom. The number of hydrogen-bond acceptors (Lipinski definition) is 2.